The largest absolute Gasteiger partial charge is 0.250 e. The van der Waals surface area contributed by atoms with E-state index < -0.39 is 10.0 Å². The van der Waals surface area contributed by atoms with Gasteiger partial charge in [-0.05, 0) is 49.4 Å². The fourth-order valence-corrected chi connectivity index (χ4v) is 4.81. The van der Waals surface area contributed by atoms with E-state index in [4.69, 9.17) is 11.6 Å². The number of halogens is 1. The number of thiophene rings is 1. The number of rotatable bonds is 3. The van der Waals surface area contributed by atoms with Crippen molar-refractivity contribution in [1.29, 1.82) is 0 Å². The van der Waals surface area contributed by atoms with Crippen molar-refractivity contribution >= 4 is 43.0 Å². The molecule has 1 heterocycles. The summed E-state index contributed by atoms with van der Waals surface area (Å²) in [7, 11) is -3.40. The Hall–Kier alpha value is -0.620. The number of sulfonamides is 1. The number of fused-ring (bicyclic) bond motifs is 1. The summed E-state index contributed by atoms with van der Waals surface area (Å²) < 4.78 is 28.5. The fourth-order valence-electron chi connectivity index (χ4n) is 1.79. The van der Waals surface area contributed by atoms with Gasteiger partial charge in [0.1, 0.15) is 4.21 Å². The first-order valence-electron chi connectivity index (χ1n) is 5.61. The Morgan fingerprint density at radius 2 is 2.06 bits per heavy atom. The van der Waals surface area contributed by atoms with Gasteiger partial charge in [0.25, 0.3) is 10.0 Å². The average molecular weight is 302 g/mol. The standard InChI is InChI=1S/C12H12ClNO2S2/c1-12(4-5-12)14-18(15,16)11-7-8-6-9(13)2-3-10(8)17-11/h2-3,6-7,14H,4-5H2,1H3. The SMILES string of the molecule is CC1(NS(=O)(=O)c2cc3cc(Cl)ccc3s2)CC1. The van der Waals surface area contributed by atoms with E-state index in [2.05, 4.69) is 4.72 Å². The Bertz CT molecular complexity index is 717. The fraction of sp³-hybridized carbons (Fsp3) is 0.333. The third-order valence-corrected chi connectivity index (χ3v) is 6.56. The molecule has 96 valence electrons. The predicted molar refractivity (Wildman–Crippen MR) is 74.8 cm³/mol. The second-order valence-corrected chi connectivity index (χ2v) is 8.34. The van der Waals surface area contributed by atoms with Crippen LogP contribution in [0.15, 0.2) is 28.5 Å². The van der Waals surface area contributed by atoms with Crippen LogP contribution in [0.5, 0.6) is 0 Å². The highest BCUT2D eigenvalue weighted by Crippen LogP contribution is 2.37. The molecule has 0 spiro atoms. The van der Waals surface area contributed by atoms with Crippen LogP contribution in [0.3, 0.4) is 0 Å². The van der Waals surface area contributed by atoms with Crippen LogP contribution < -0.4 is 4.72 Å². The summed E-state index contributed by atoms with van der Waals surface area (Å²) in [6.07, 6.45) is 1.81. The van der Waals surface area contributed by atoms with Gasteiger partial charge < -0.3 is 0 Å². The van der Waals surface area contributed by atoms with Crippen molar-refractivity contribution in [3.8, 4) is 0 Å². The van der Waals surface area contributed by atoms with Gasteiger partial charge >= 0.3 is 0 Å². The number of nitrogens with one attached hydrogen (secondary N) is 1. The summed E-state index contributed by atoms with van der Waals surface area (Å²) in [5.74, 6) is 0. The third kappa shape index (κ3) is 2.28. The van der Waals surface area contributed by atoms with Crippen LogP contribution in [0.25, 0.3) is 10.1 Å². The molecule has 3 rings (SSSR count). The zero-order valence-electron chi connectivity index (χ0n) is 9.73. The van der Waals surface area contributed by atoms with Crippen LogP contribution in [0.1, 0.15) is 19.8 Å². The van der Waals surface area contributed by atoms with Crippen LogP contribution in [0, 0.1) is 0 Å². The molecule has 1 aliphatic carbocycles. The average Bonchev–Trinajstić information content (AvgIpc) is 2.83. The molecule has 18 heavy (non-hydrogen) atoms. The van der Waals surface area contributed by atoms with Crippen molar-refractivity contribution < 1.29 is 8.42 Å². The summed E-state index contributed by atoms with van der Waals surface area (Å²) in [5, 5.41) is 1.49. The van der Waals surface area contributed by atoms with Gasteiger partial charge in [0, 0.05) is 15.3 Å². The molecule has 0 bridgehead atoms. The number of hydrogen-bond acceptors (Lipinski definition) is 3. The van der Waals surface area contributed by atoms with Gasteiger partial charge in [0.05, 0.1) is 0 Å². The Kier molecular flexibility index (Phi) is 2.71. The maximum absolute atomic E-state index is 12.2. The van der Waals surface area contributed by atoms with Crippen LogP contribution >= 0.6 is 22.9 Å². The van der Waals surface area contributed by atoms with Crippen molar-refractivity contribution in [2.24, 2.45) is 0 Å². The van der Waals surface area contributed by atoms with E-state index in [1.165, 1.54) is 11.3 Å². The van der Waals surface area contributed by atoms with Crippen molar-refractivity contribution in [2.45, 2.75) is 29.5 Å². The van der Waals surface area contributed by atoms with Gasteiger partial charge in [-0.3, -0.25) is 0 Å². The molecule has 1 saturated carbocycles. The van der Waals surface area contributed by atoms with Gasteiger partial charge in [-0.2, -0.15) is 0 Å². The second-order valence-electron chi connectivity index (χ2n) is 4.91. The molecule has 0 saturated heterocycles. The molecule has 1 aromatic heterocycles. The van der Waals surface area contributed by atoms with Crippen molar-refractivity contribution in [2.75, 3.05) is 0 Å². The van der Waals surface area contributed by atoms with E-state index in [0.717, 1.165) is 22.9 Å². The zero-order chi connectivity index (χ0) is 13.0. The first kappa shape index (κ1) is 12.4. The predicted octanol–water partition coefficient (Wildman–Crippen LogP) is 3.39. The Morgan fingerprint density at radius 3 is 2.72 bits per heavy atom. The minimum atomic E-state index is -3.40. The molecule has 1 N–H and O–H groups in total. The summed E-state index contributed by atoms with van der Waals surface area (Å²) in [6, 6.07) is 7.08. The van der Waals surface area contributed by atoms with E-state index in [-0.39, 0.29) is 5.54 Å². The lowest BCUT2D eigenvalue weighted by Gasteiger charge is -2.09. The molecule has 0 aliphatic heterocycles. The van der Waals surface area contributed by atoms with E-state index >= 15 is 0 Å². The molecule has 1 aliphatic rings. The van der Waals surface area contributed by atoms with Crippen LogP contribution in [-0.2, 0) is 10.0 Å². The lowest BCUT2D eigenvalue weighted by atomic mass is 10.3. The smallest absolute Gasteiger partial charge is 0.206 e. The molecule has 0 atom stereocenters. The lowest BCUT2D eigenvalue weighted by molar-refractivity contribution is 0.560. The maximum atomic E-state index is 12.2. The van der Waals surface area contributed by atoms with Gasteiger partial charge in [0.15, 0.2) is 0 Å². The molecule has 0 amide bonds. The first-order valence-corrected chi connectivity index (χ1v) is 8.29. The van der Waals surface area contributed by atoms with Crippen molar-refractivity contribution in [3.63, 3.8) is 0 Å². The quantitative estimate of drug-likeness (QED) is 0.944. The van der Waals surface area contributed by atoms with E-state index in [9.17, 15) is 8.42 Å². The maximum Gasteiger partial charge on any atom is 0.250 e. The topological polar surface area (TPSA) is 46.2 Å². The van der Waals surface area contributed by atoms with Gasteiger partial charge in [-0.25, -0.2) is 13.1 Å². The Labute approximate surface area is 115 Å². The molecular weight excluding hydrogens is 290 g/mol. The molecule has 0 unspecified atom stereocenters. The van der Waals surface area contributed by atoms with Crippen LogP contribution in [0.4, 0.5) is 0 Å². The monoisotopic (exact) mass is 301 g/mol. The molecule has 3 nitrogen and oxygen atoms in total. The second kappa shape index (κ2) is 3.93. The summed E-state index contributed by atoms with van der Waals surface area (Å²) in [5.41, 5.74) is -0.243. The molecule has 2 aromatic rings. The minimum absolute atomic E-state index is 0.243. The first-order chi connectivity index (χ1) is 8.38. The highest BCUT2D eigenvalue weighted by Gasteiger charge is 2.41. The normalized spacial score (nSPS) is 18.1. The van der Waals surface area contributed by atoms with Gasteiger partial charge in [-0.15, -0.1) is 11.3 Å². The highest BCUT2D eigenvalue weighted by atomic mass is 35.5. The Morgan fingerprint density at radius 1 is 1.33 bits per heavy atom. The molecule has 1 fully saturated rings. The highest BCUT2D eigenvalue weighted by molar-refractivity contribution is 7.91. The number of hydrogen-bond donors (Lipinski definition) is 1. The minimum Gasteiger partial charge on any atom is -0.206 e. The summed E-state index contributed by atoms with van der Waals surface area (Å²) in [4.78, 5) is 0. The summed E-state index contributed by atoms with van der Waals surface area (Å²) >= 11 is 7.17. The third-order valence-electron chi connectivity index (χ3n) is 3.10. The van der Waals surface area contributed by atoms with Gasteiger partial charge in [0.2, 0.25) is 0 Å². The van der Waals surface area contributed by atoms with Crippen LogP contribution in [0.2, 0.25) is 5.02 Å². The Balaban J connectivity index is 2.03. The van der Waals surface area contributed by atoms with Gasteiger partial charge in [-0.1, -0.05) is 11.6 Å². The van der Waals surface area contributed by atoms with Crippen LogP contribution in [-0.4, -0.2) is 14.0 Å². The molecular formula is C12H12ClNO2S2. The van der Waals surface area contributed by atoms with E-state index in [0.29, 0.717) is 9.23 Å². The molecule has 0 radical (unpaired) electrons. The van der Waals surface area contributed by atoms with E-state index in [1.807, 2.05) is 13.0 Å². The zero-order valence-corrected chi connectivity index (χ0v) is 12.1. The van der Waals surface area contributed by atoms with Crippen molar-refractivity contribution in [3.05, 3.63) is 29.3 Å². The lowest BCUT2D eigenvalue weighted by Crippen LogP contribution is -2.33. The summed E-state index contributed by atoms with van der Waals surface area (Å²) in [6.45, 7) is 1.93. The molecule has 1 aromatic carbocycles. The number of benzene rings is 1. The van der Waals surface area contributed by atoms with E-state index in [1.54, 1.807) is 18.2 Å². The molecule has 6 heteroatoms. The van der Waals surface area contributed by atoms with Crippen molar-refractivity contribution in [1.82, 2.24) is 4.72 Å².